The number of pyridine rings is 1. The monoisotopic (exact) mass is 216 g/mol. The maximum atomic E-state index is 5.98. The lowest BCUT2D eigenvalue weighted by Crippen LogP contribution is -2.09. The summed E-state index contributed by atoms with van der Waals surface area (Å²) in [6, 6.07) is 1.98. The summed E-state index contributed by atoms with van der Waals surface area (Å²) in [7, 11) is 0. The smallest absolute Gasteiger partial charge is 0.0837 e. The molecule has 0 aromatic carbocycles. The van der Waals surface area contributed by atoms with Crippen molar-refractivity contribution in [3.63, 3.8) is 0 Å². The molecule has 2 rings (SSSR count). The zero-order valence-electron chi connectivity index (χ0n) is 9.86. The highest BCUT2D eigenvalue weighted by Crippen LogP contribution is 2.18. The van der Waals surface area contributed by atoms with Crippen molar-refractivity contribution in [1.29, 1.82) is 0 Å². The van der Waals surface area contributed by atoms with Gasteiger partial charge in [-0.1, -0.05) is 0 Å². The fourth-order valence-corrected chi connectivity index (χ4v) is 1.66. The van der Waals surface area contributed by atoms with E-state index in [0.717, 1.165) is 28.2 Å². The molecule has 2 heterocycles. The second kappa shape index (κ2) is 3.96. The molecule has 0 spiro atoms. The Kier molecular flexibility index (Phi) is 2.64. The number of aryl methyl sites for hydroxylation is 2. The predicted molar refractivity (Wildman–Crippen MR) is 64.2 cm³/mol. The molecule has 0 aliphatic carbocycles. The molecular weight excluding hydrogens is 200 g/mol. The molecule has 0 saturated carbocycles. The minimum absolute atomic E-state index is 0.676. The second-order valence-corrected chi connectivity index (χ2v) is 4.06. The average Bonchev–Trinajstić information content (AvgIpc) is 2.65. The van der Waals surface area contributed by atoms with Gasteiger partial charge in [-0.15, -0.1) is 0 Å². The van der Waals surface area contributed by atoms with Gasteiger partial charge < -0.3 is 5.73 Å². The first-order valence-corrected chi connectivity index (χ1v) is 5.28. The molecule has 4 heteroatoms. The summed E-state index contributed by atoms with van der Waals surface area (Å²) in [5.74, 6) is 0. The van der Waals surface area contributed by atoms with Crippen LogP contribution in [0, 0.1) is 20.8 Å². The minimum atomic E-state index is 0.676. The summed E-state index contributed by atoms with van der Waals surface area (Å²) in [6.45, 7) is 6.68. The third-order valence-electron chi connectivity index (χ3n) is 2.90. The van der Waals surface area contributed by atoms with Crippen LogP contribution in [0.4, 0.5) is 5.69 Å². The average molecular weight is 216 g/mol. The van der Waals surface area contributed by atoms with Crippen molar-refractivity contribution in [2.75, 3.05) is 5.73 Å². The van der Waals surface area contributed by atoms with Crippen LogP contribution in [0.5, 0.6) is 0 Å². The quantitative estimate of drug-likeness (QED) is 0.833. The summed E-state index contributed by atoms with van der Waals surface area (Å²) in [4.78, 5) is 4.41. The molecule has 0 unspecified atom stereocenters. The van der Waals surface area contributed by atoms with Crippen LogP contribution in [0.3, 0.4) is 0 Å². The van der Waals surface area contributed by atoms with Gasteiger partial charge in [-0.25, -0.2) is 0 Å². The van der Waals surface area contributed by atoms with Crippen molar-refractivity contribution in [1.82, 2.24) is 14.8 Å². The molecule has 0 aliphatic heterocycles. The summed E-state index contributed by atoms with van der Waals surface area (Å²) in [6.07, 6.45) is 3.61. The van der Waals surface area contributed by atoms with Gasteiger partial charge in [0.2, 0.25) is 0 Å². The largest absolute Gasteiger partial charge is 0.398 e. The van der Waals surface area contributed by atoms with E-state index in [1.165, 1.54) is 0 Å². The maximum Gasteiger partial charge on any atom is 0.0837 e. The van der Waals surface area contributed by atoms with Gasteiger partial charge in [0.25, 0.3) is 0 Å². The number of rotatable bonds is 2. The first-order chi connectivity index (χ1) is 7.59. The molecule has 0 radical (unpaired) electrons. The van der Waals surface area contributed by atoms with E-state index in [4.69, 9.17) is 5.73 Å². The Bertz CT molecular complexity index is 514. The first-order valence-electron chi connectivity index (χ1n) is 5.28. The molecule has 0 fully saturated rings. The van der Waals surface area contributed by atoms with E-state index in [-0.39, 0.29) is 0 Å². The Morgan fingerprint density at radius 1 is 1.31 bits per heavy atom. The normalized spacial score (nSPS) is 10.7. The van der Waals surface area contributed by atoms with E-state index in [0.29, 0.717) is 6.54 Å². The molecule has 2 N–H and O–H groups in total. The second-order valence-electron chi connectivity index (χ2n) is 4.06. The standard InChI is InChI=1S/C12H16N4/c1-8-6-14-11(10(3)12(8)13)7-16-9(2)4-5-15-16/h4-6H,7H2,1-3H3,(H2,13,14). The molecule has 2 aromatic heterocycles. The van der Waals surface area contributed by atoms with Crippen molar-refractivity contribution in [2.24, 2.45) is 0 Å². The van der Waals surface area contributed by atoms with Crippen LogP contribution in [-0.4, -0.2) is 14.8 Å². The van der Waals surface area contributed by atoms with Gasteiger partial charge in [-0.2, -0.15) is 5.10 Å². The lowest BCUT2D eigenvalue weighted by Gasteiger charge is -2.10. The van der Waals surface area contributed by atoms with Crippen LogP contribution < -0.4 is 5.73 Å². The SMILES string of the molecule is Cc1cnc(Cn2nccc2C)c(C)c1N. The number of aromatic nitrogens is 3. The van der Waals surface area contributed by atoms with Crippen molar-refractivity contribution < 1.29 is 0 Å². The lowest BCUT2D eigenvalue weighted by atomic mass is 10.1. The van der Waals surface area contributed by atoms with Gasteiger partial charge in [-0.3, -0.25) is 9.67 Å². The molecule has 16 heavy (non-hydrogen) atoms. The topological polar surface area (TPSA) is 56.7 Å². The lowest BCUT2D eigenvalue weighted by molar-refractivity contribution is 0.649. The molecule has 0 bridgehead atoms. The van der Waals surface area contributed by atoms with E-state index >= 15 is 0 Å². The van der Waals surface area contributed by atoms with Gasteiger partial charge >= 0.3 is 0 Å². The zero-order valence-corrected chi connectivity index (χ0v) is 9.86. The van der Waals surface area contributed by atoms with E-state index in [1.54, 1.807) is 6.20 Å². The number of anilines is 1. The van der Waals surface area contributed by atoms with Gasteiger partial charge in [-0.05, 0) is 38.0 Å². The Labute approximate surface area is 95.1 Å². The first kappa shape index (κ1) is 10.7. The van der Waals surface area contributed by atoms with Crippen molar-refractivity contribution in [3.05, 3.63) is 41.0 Å². The Hall–Kier alpha value is -1.84. The maximum absolute atomic E-state index is 5.98. The fourth-order valence-electron chi connectivity index (χ4n) is 1.66. The highest BCUT2D eigenvalue weighted by atomic mass is 15.3. The minimum Gasteiger partial charge on any atom is -0.398 e. The highest BCUT2D eigenvalue weighted by molar-refractivity contribution is 5.53. The summed E-state index contributed by atoms with van der Waals surface area (Å²) in [5, 5.41) is 4.24. The summed E-state index contributed by atoms with van der Waals surface area (Å²) < 4.78 is 1.92. The zero-order chi connectivity index (χ0) is 11.7. The molecule has 4 nitrogen and oxygen atoms in total. The molecule has 0 atom stereocenters. The van der Waals surface area contributed by atoms with Crippen LogP contribution >= 0.6 is 0 Å². The van der Waals surface area contributed by atoms with E-state index in [9.17, 15) is 0 Å². The van der Waals surface area contributed by atoms with E-state index < -0.39 is 0 Å². The van der Waals surface area contributed by atoms with Crippen molar-refractivity contribution in [3.8, 4) is 0 Å². The third-order valence-corrected chi connectivity index (χ3v) is 2.90. The van der Waals surface area contributed by atoms with Crippen molar-refractivity contribution in [2.45, 2.75) is 27.3 Å². The van der Waals surface area contributed by atoms with Crippen LogP contribution in [0.1, 0.15) is 22.5 Å². The van der Waals surface area contributed by atoms with E-state index in [2.05, 4.69) is 10.1 Å². The Morgan fingerprint density at radius 2 is 2.06 bits per heavy atom. The van der Waals surface area contributed by atoms with E-state index in [1.807, 2.05) is 37.7 Å². The molecule has 2 aromatic rings. The van der Waals surface area contributed by atoms with Crippen LogP contribution in [0.15, 0.2) is 18.5 Å². The van der Waals surface area contributed by atoms with Gasteiger partial charge in [0.1, 0.15) is 0 Å². The van der Waals surface area contributed by atoms with Crippen molar-refractivity contribution >= 4 is 5.69 Å². The molecular formula is C12H16N4. The number of hydrogen-bond acceptors (Lipinski definition) is 3. The summed E-state index contributed by atoms with van der Waals surface area (Å²) in [5.41, 5.74) is 11.0. The van der Waals surface area contributed by atoms with Gasteiger partial charge in [0.15, 0.2) is 0 Å². The summed E-state index contributed by atoms with van der Waals surface area (Å²) >= 11 is 0. The molecule has 0 saturated heterocycles. The Balaban J connectivity index is 2.36. The number of nitrogens with zero attached hydrogens (tertiary/aromatic N) is 3. The Morgan fingerprint density at radius 3 is 2.69 bits per heavy atom. The fraction of sp³-hybridized carbons (Fsp3) is 0.333. The predicted octanol–water partition coefficient (Wildman–Crippen LogP) is 1.83. The highest BCUT2D eigenvalue weighted by Gasteiger charge is 2.07. The molecule has 0 amide bonds. The third kappa shape index (κ3) is 1.78. The number of nitrogen functional groups attached to an aromatic ring is 1. The van der Waals surface area contributed by atoms with Crippen LogP contribution in [0.25, 0.3) is 0 Å². The number of hydrogen-bond donors (Lipinski definition) is 1. The molecule has 84 valence electrons. The van der Waals surface area contributed by atoms with Gasteiger partial charge in [0.05, 0.1) is 12.2 Å². The van der Waals surface area contributed by atoms with Gasteiger partial charge in [0, 0.05) is 23.8 Å². The van der Waals surface area contributed by atoms with Crippen LogP contribution in [0.2, 0.25) is 0 Å². The molecule has 0 aliphatic rings. The van der Waals surface area contributed by atoms with Crippen LogP contribution in [-0.2, 0) is 6.54 Å². The number of nitrogens with two attached hydrogens (primary N) is 1.